The first kappa shape index (κ1) is 36.5. The van der Waals surface area contributed by atoms with Crippen molar-refractivity contribution in [3.63, 3.8) is 0 Å². The number of aromatic nitrogens is 5. The normalized spacial score (nSPS) is 19.7. The molecule has 16 nitrogen and oxygen atoms in total. The first-order valence-electron chi connectivity index (χ1n) is 19.7. The Morgan fingerprint density at radius 3 is 2.42 bits per heavy atom. The van der Waals surface area contributed by atoms with Gasteiger partial charge in [0.1, 0.15) is 22.9 Å². The van der Waals surface area contributed by atoms with E-state index >= 15 is 0 Å². The van der Waals surface area contributed by atoms with E-state index in [-0.39, 0.29) is 35.9 Å². The fourth-order valence-electron chi connectivity index (χ4n) is 8.46. The zero-order valence-corrected chi connectivity index (χ0v) is 31.9. The van der Waals surface area contributed by atoms with Gasteiger partial charge in [-0.05, 0) is 67.3 Å². The van der Waals surface area contributed by atoms with Crippen LogP contribution in [-0.4, -0.2) is 116 Å². The van der Waals surface area contributed by atoms with Crippen LogP contribution in [0.15, 0.2) is 73.2 Å². The van der Waals surface area contributed by atoms with Gasteiger partial charge in [-0.2, -0.15) is 5.10 Å². The maximum absolute atomic E-state index is 13.2. The zero-order valence-electron chi connectivity index (χ0n) is 31.9. The molecule has 4 aromatic heterocycles. The molecule has 3 N–H and O–H groups in total. The number of carbonyl (C=O) groups is 4. The van der Waals surface area contributed by atoms with Gasteiger partial charge in [-0.3, -0.25) is 39.1 Å². The predicted octanol–water partition coefficient (Wildman–Crippen LogP) is 3.47. The summed E-state index contributed by atoms with van der Waals surface area (Å²) in [6.45, 7) is 10.5. The molecule has 1 atom stereocenters. The highest BCUT2D eigenvalue weighted by molar-refractivity contribution is 6.06. The maximum atomic E-state index is 13.2. The van der Waals surface area contributed by atoms with E-state index in [1.165, 1.54) is 10.6 Å². The molecule has 4 aliphatic heterocycles. The Morgan fingerprint density at radius 1 is 0.877 bits per heavy atom. The third-order valence-corrected chi connectivity index (χ3v) is 11.6. The van der Waals surface area contributed by atoms with E-state index in [0.717, 1.165) is 75.2 Å². The summed E-state index contributed by atoms with van der Waals surface area (Å²) in [5.74, 6) is -0.147. The Morgan fingerprint density at radius 2 is 1.67 bits per heavy atom. The summed E-state index contributed by atoms with van der Waals surface area (Å²) >= 11 is 0. The van der Waals surface area contributed by atoms with Crippen LogP contribution in [0.1, 0.15) is 64.3 Å². The molecule has 8 heterocycles. The van der Waals surface area contributed by atoms with Gasteiger partial charge >= 0.3 is 6.03 Å². The Kier molecular flexibility index (Phi) is 9.88. The number of nitrogens with zero attached hydrogens (tertiary/aromatic N) is 9. The third-order valence-electron chi connectivity index (χ3n) is 11.6. The number of fused-ring (bicyclic) bond motifs is 3. The van der Waals surface area contributed by atoms with Crippen LogP contribution in [0.4, 0.5) is 22.0 Å². The molecule has 0 aliphatic carbocycles. The standard InChI is InChI=1S/C41H46N12O4/c1-27-21-43-40(56)35-20-30-5-8-34(46-38(30)53(27)35)39(55)45-31-23-44-51(26-31)25-28-2-6-32(7-3-28)49-13-10-33(11-14-49)50-18-16-48(17-19-50)24-29-4-9-36(42-22-29)52-15-12-37(54)47-41(52)57/h2-9,20,22-23,26-27,33H,10-19,21,24-25H2,1H3,(H,43,56)(H,45,55)(H,47,54,57)/t27-/m1/s1. The summed E-state index contributed by atoms with van der Waals surface area (Å²) in [5, 5.41) is 13.5. The van der Waals surface area contributed by atoms with Crippen LogP contribution in [-0.2, 0) is 17.9 Å². The van der Waals surface area contributed by atoms with Gasteiger partial charge in [-0.1, -0.05) is 18.2 Å². The van der Waals surface area contributed by atoms with Gasteiger partial charge in [0.2, 0.25) is 5.91 Å². The second-order valence-corrected chi connectivity index (χ2v) is 15.4. The lowest BCUT2D eigenvalue weighted by molar-refractivity contribution is -0.120. The number of imide groups is 1. The van der Waals surface area contributed by atoms with Crippen molar-refractivity contribution < 1.29 is 19.2 Å². The molecule has 294 valence electrons. The Bertz CT molecular complexity index is 2300. The van der Waals surface area contributed by atoms with Crippen molar-refractivity contribution in [1.29, 1.82) is 0 Å². The first-order chi connectivity index (χ1) is 27.7. The zero-order chi connectivity index (χ0) is 39.0. The van der Waals surface area contributed by atoms with Crippen LogP contribution < -0.4 is 25.8 Å². The van der Waals surface area contributed by atoms with E-state index in [1.807, 2.05) is 52.8 Å². The van der Waals surface area contributed by atoms with Crippen LogP contribution in [0, 0.1) is 0 Å². The topological polar surface area (TPSA) is 166 Å². The van der Waals surface area contributed by atoms with E-state index in [1.54, 1.807) is 12.3 Å². The molecule has 57 heavy (non-hydrogen) atoms. The number of nitrogens with one attached hydrogen (secondary N) is 3. The predicted molar refractivity (Wildman–Crippen MR) is 214 cm³/mol. The Hall–Kier alpha value is -6.13. The number of hydrogen-bond donors (Lipinski definition) is 3. The van der Waals surface area contributed by atoms with Crippen molar-refractivity contribution in [2.45, 2.75) is 51.4 Å². The average Bonchev–Trinajstić information content (AvgIpc) is 3.85. The van der Waals surface area contributed by atoms with Crippen LogP contribution >= 0.6 is 0 Å². The number of urea groups is 1. The molecule has 0 bridgehead atoms. The molecule has 0 saturated carbocycles. The first-order valence-corrected chi connectivity index (χ1v) is 19.7. The number of hydrogen-bond acceptors (Lipinski definition) is 10. The number of carbonyl (C=O) groups excluding carboxylic acids is 4. The van der Waals surface area contributed by atoms with Gasteiger partial charge < -0.3 is 20.1 Å². The number of rotatable bonds is 9. The number of amides is 5. The molecule has 0 radical (unpaired) electrons. The summed E-state index contributed by atoms with van der Waals surface area (Å²) in [6, 6.07) is 18.1. The molecule has 0 spiro atoms. The minimum absolute atomic E-state index is 0.0386. The van der Waals surface area contributed by atoms with Gasteiger partial charge in [0.25, 0.3) is 11.8 Å². The molecule has 1 aromatic carbocycles. The van der Waals surface area contributed by atoms with Gasteiger partial charge in [-0.15, -0.1) is 0 Å². The number of pyridine rings is 2. The lowest BCUT2D eigenvalue weighted by Gasteiger charge is -2.43. The van der Waals surface area contributed by atoms with Crippen molar-refractivity contribution >= 4 is 52.0 Å². The molecule has 0 unspecified atom stereocenters. The minimum Gasteiger partial charge on any atom is -0.371 e. The van der Waals surface area contributed by atoms with Crippen LogP contribution in [0.5, 0.6) is 0 Å². The second-order valence-electron chi connectivity index (χ2n) is 15.4. The third kappa shape index (κ3) is 7.69. The largest absolute Gasteiger partial charge is 0.371 e. The van der Waals surface area contributed by atoms with E-state index in [9.17, 15) is 19.2 Å². The highest BCUT2D eigenvalue weighted by Gasteiger charge is 2.29. The van der Waals surface area contributed by atoms with Crippen molar-refractivity contribution in [1.82, 2.24) is 44.7 Å². The van der Waals surface area contributed by atoms with Crippen LogP contribution in [0.3, 0.4) is 0 Å². The lowest BCUT2D eigenvalue weighted by atomic mass is 10.0. The fraction of sp³-hybridized carbons (Fsp3) is 0.390. The summed E-state index contributed by atoms with van der Waals surface area (Å²) in [4.78, 5) is 67.4. The molecule has 4 aliphatic rings. The quantitative estimate of drug-likeness (QED) is 0.202. The van der Waals surface area contributed by atoms with Crippen molar-refractivity contribution in [2.75, 3.05) is 67.5 Å². The average molecular weight is 771 g/mol. The van der Waals surface area contributed by atoms with E-state index in [0.29, 0.717) is 48.5 Å². The Labute approximate surface area is 329 Å². The Balaban J connectivity index is 0.721. The number of benzene rings is 1. The van der Waals surface area contributed by atoms with Crippen LogP contribution in [0.25, 0.3) is 11.0 Å². The summed E-state index contributed by atoms with van der Waals surface area (Å²) in [7, 11) is 0. The number of piperidine rings is 1. The highest BCUT2D eigenvalue weighted by Crippen LogP contribution is 2.27. The lowest BCUT2D eigenvalue weighted by Crippen LogP contribution is -2.53. The summed E-state index contributed by atoms with van der Waals surface area (Å²) < 4.78 is 3.71. The summed E-state index contributed by atoms with van der Waals surface area (Å²) in [6.07, 6.45) is 7.86. The summed E-state index contributed by atoms with van der Waals surface area (Å²) in [5.41, 5.74) is 5.51. The fourth-order valence-corrected chi connectivity index (χ4v) is 8.46. The molecular formula is C41H46N12O4. The number of anilines is 3. The SMILES string of the molecule is C[C@@H]1CNC(=O)c2cc3ccc(C(=O)Nc4cnn(Cc5ccc(N6CCC(N7CCN(Cc8ccc(N9CCC(=O)NC9=O)nc8)CC7)CC6)cc5)c4)nc3n21. The molecule has 3 saturated heterocycles. The van der Waals surface area contributed by atoms with Gasteiger partial charge in [0.15, 0.2) is 0 Å². The molecule has 5 amide bonds. The van der Waals surface area contributed by atoms with Crippen LogP contribution in [0.2, 0.25) is 0 Å². The minimum atomic E-state index is -0.414. The van der Waals surface area contributed by atoms with Gasteiger partial charge in [0.05, 0.1) is 24.5 Å². The second kappa shape index (κ2) is 15.4. The molecule has 3 fully saturated rings. The van der Waals surface area contributed by atoms with Gasteiger partial charge in [-0.25, -0.2) is 14.8 Å². The van der Waals surface area contributed by atoms with Crippen molar-refractivity contribution in [2.24, 2.45) is 0 Å². The van der Waals surface area contributed by atoms with Crippen molar-refractivity contribution in [3.8, 4) is 0 Å². The monoisotopic (exact) mass is 770 g/mol. The van der Waals surface area contributed by atoms with E-state index in [2.05, 4.69) is 70.0 Å². The molecule has 5 aromatic rings. The number of piperazine rings is 1. The van der Waals surface area contributed by atoms with E-state index < -0.39 is 6.03 Å². The molecule has 16 heteroatoms. The van der Waals surface area contributed by atoms with Crippen molar-refractivity contribution in [3.05, 3.63) is 95.7 Å². The van der Waals surface area contributed by atoms with Gasteiger partial charge in [0, 0.05) is 94.8 Å². The molecule has 9 rings (SSSR count). The highest BCUT2D eigenvalue weighted by atomic mass is 16.2. The smallest absolute Gasteiger partial charge is 0.329 e. The van der Waals surface area contributed by atoms with E-state index in [4.69, 9.17) is 0 Å². The maximum Gasteiger partial charge on any atom is 0.329 e. The molecular weight excluding hydrogens is 725 g/mol.